The van der Waals surface area contributed by atoms with Crippen molar-refractivity contribution >= 4 is 22.7 Å². The third-order valence-electron chi connectivity index (χ3n) is 5.77. The summed E-state index contributed by atoms with van der Waals surface area (Å²) in [6.07, 6.45) is 0. The number of aromatic nitrogens is 2. The highest BCUT2D eigenvalue weighted by Crippen LogP contribution is 2.33. The lowest BCUT2D eigenvalue weighted by molar-refractivity contribution is -0.0141. The highest BCUT2D eigenvalue weighted by molar-refractivity contribution is 7.13. The molecule has 0 aliphatic carbocycles. The van der Waals surface area contributed by atoms with Gasteiger partial charge in [0.15, 0.2) is 0 Å². The van der Waals surface area contributed by atoms with E-state index in [1.54, 1.807) is 36.9 Å². The van der Waals surface area contributed by atoms with Gasteiger partial charge in [0.25, 0.3) is 0 Å². The van der Waals surface area contributed by atoms with E-state index in [9.17, 15) is 0 Å². The fourth-order valence-corrected chi connectivity index (χ4v) is 5.44. The molecule has 4 aromatic rings. The molecule has 220 valence electrons. The maximum Gasteiger partial charge on any atom is 0.129 e. The van der Waals surface area contributed by atoms with E-state index < -0.39 is 0 Å². The number of rotatable bonds is 20. The first-order chi connectivity index (χ1) is 20.3. The average Bonchev–Trinajstić information content (AvgIpc) is 3.69. The minimum absolute atomic E-state index is 0.445. The van der Waals surface area contributed by atoms with Gasteiger partial charge in [-0.05, 0) is 24.3 Å². The second kappa shape index (κ2) is 17.8. The number of hydrogen-bond donors (Lipinski definition) is 0. The van der Waals surface area contributed by atoms with Crippen LogP contribution in [-0.4, -0.2) is 77.0 Å². The highest BCUT2D eigenvalue weighted by Gasteiger charge is 2.11. The van der Waals surface area contributed by atoms with Gasteiger partial charge in [0.2, 0.25) is 0 Å². The molecule has 0 saturated carbocycles. The Bertz CT molecular complexity index is 1200. The molecule has 11 heteroatoms. The minimum Gasteiger partial charge on any atom is -0.496 e. The van der Waals surface area contributed by atoms with Crippen LogP contribution in [0.5, 0.6) is 11.5 Å². The van der Waals surface area contributed by atoms with Crippen molar-refractivity contribution in [3.05, 3.63) is 70.7 Å². The van der Waals surface area contributed by atoms with E-state index in [2.05, 4.69) is 9.97 Å². The summed E-state index contributed by atoms with van der Waals surface area (Å²) < 4.78 is 38.9. The van der Waals surface area contributed by atoms with E-state index in [4.69, 9.17) is 33.2 Å². The third-order valence-corrected chi connectivity index (χ3v) is 7.61. The largest absolute Gasteiger partial charge is 0.496 e. The summed E-state index contributed by atoms with van der Waals surface area (Å²) in [5.41, 5.74) is 3.76. The zero-order valence-electron chi connectivity index (χ0n) is 23.4. The Balaban J connectivity index is 0.947. The predicted molar refractivity (Wildman–Crippen MR) is 160 cm³/mol. The van der Waals surface area contributed by atoms with Gasteiger partial charge in [0.1, 0.15) is 21.5 Å². The molecule has 0 amide bonds. The molecule has 0 spiro atoms. The number of para-hydroxylation sites is 2. The first-order valence-electron chi connectivity index (χ1n) is 13.3. The van der Waals surface area contributed by atoms with Crippen LogP contribution in [0.4, 0.5) is 0 Å². The molecule has 0 saturated heterocycles. The molecule has 2 heterocycles. The maximum atomic E-state index is 5.68. The second-order valence-electron chi connectivity index (χ2n) is 8.63. The Labute approximate surface area is 248 Å². The number of ether oxygens (including phenoxy) is 7. The summed E-state index contributed by atoms with van der Waals surface area (Å²) in [6, 6.07) is 15.7. The number of benzene rings is 2. The quantitative estimate of drug-likeness (QED) is 0.118. The van der Waals surface area contributed by atoms with Crippen LogP contribution in [-0.2, 0) is 36.9 Å². The molecule has 2 aromatic heterocycles. The predicted octanol–water partition coefficient (Wildman–Crippen LogP) is 5.73. The molecule has 4 rings (SSSR count). The van der Waals surface area contributed by atoms with Gasteiger partial charge in [-0.25, -0.2) is 9.97 Å². The Morgan fingerprint density at radius 1 is 0.512 bits per heavy atom. The lowest BCUT2D eigenvalue weighted by Crippen LogP contribution is -2.13. The van der Waals surface area contributed by atoms with Crippen molar-refractivity contribution in [2.45, 2.75) is 13.2 Å². The van der Waals surface area contributed by atoms with Crippen LogP contribution >= 0.6 is 22.7 Å². The molecular weight excluding hydrogens is 564 g/mol. The topological polar surface area (TPSA) is 90.4 Å². The molecule has 0 radical (unpaired) electrons. The van der Waals surface area contributed by atoms with Crippen molar-refractivity contribution in [1.82, 2.24) is 9.97 Å². The van der Waals surface area contributed by atoms with E-state index in [-0.39, 0.29) is 0 Å². The molecule has 0 N–H and O–H groups in total. The summed E-state index contributed by atoms with van der Waals surface area (Å²) in [5, 5.41) is 5.84. The van der Waals surface area contributed by atoms with Crippen LogP contribution in [0.2, 0.25) is 0 Å². The lowest BCUT2D eigenvalue weighted by Gasteiger charge is -2.07. The molecule has 0 aliphatic rings. The van der Waals surface area contributed by atoms with Crippen molar-refractivity contribution in [3.8, 4) is 32.6 Å². The van der Waals surface area contributed by atoms with Gasteiger partial charge in [-0.2, -0.15) is 0 Å². The van der Waals surface area contributed by atoms with Crippen LogP contribution in [0.15, 0.2) is 59.3 Å². The van der Waals surface area contributed by atoms with Crippen molar-refractivity contribution < 1.29 is 33.2 Å². The number of hydrogen-bond acceptors (Lipinski definition) is 11. The first kappa shape index (κ1) is 31.0. The Hall–Kier alpha value is -2.90. The molecule has 41 heavy (non-hydrogen) atoms. The fourth-order valence-electron chi connectivity index (χ4n) is 3.77. The highest BCUT2D eigenvalue weighted by atomic mass is 32.1. The summed E-state index contributed by atoms with van der Waals surface area (Å²) in [5.74, 6) is 1.63. The average molecular weight is 601 g/mol. The molecule has 2 aromatic carbocycles. The summed E-state index contributed by atoms with van der Waals surface area (Å²) in [4.78, 5) is 9.29. The maximum absolute atomic E-state index is 5.68. The Kier molecular flexibility index (Phi) is 13.5. The zero-order valence-corrected chi connectivity index (χ0v) is 25.0. The van der Waals surface area contributed by atoms with Crippen molar-refractivity contribution in [2.75, 3.05) is 67.1 Å². The van der Waals surface area contributed by atoms with Gasteiger partial charge in [-0.15, -0.1) is 22.7 Å². The van der Waals surface area contributed by atoms with Gasteiger partial charge >= 0.3 is 0 Å². The molecule has 0 aliphatic heterocycles. The number of methoxy groups -OCH3 is 2. The molecular formula is C30H36N2O7S2. The minimum atomic E-state index is 0.445. The summed E-state index contributed by atoms with van der Waals surface area (Å²) >= 11 is 3.15. The van der Waals surface area contributed by atoms with E-state index in [0.29, 0.717) is 66.1 Å². The fraction of sp³-hybridized carbons (Fsp3) is 0.400. The normalized spacial score (nSPS) is 11.2. The van der Waals surface area contributed by atoms with Gasteiger partial charge in [-0.1, -0.05) is 24.3 Å². The van der Waals surface area contributed by atoms with Crippen LogP contribution < -0.4 is 9.47 Å². The smallest absolute Gasteiger partial charge is 0.129 e. The number of thiazole rings is 2. The second-order valence-corrected chi connectivity index (χ2v) is 10.3. The van der Waals surface area contributed by atoms with Crippen LogP contribution in [0.1, 0.15) is 11.4 Å². The molecule has 0 bridgehead atoms. The van der Waals surface area contributed by atoms with Gasteiger partial charge in [-0.3, -0.25) is 0 Å². The molecule has 9 nitrogen and oxygen atoms in total. The Morgan fingerprint density at radius 2 is 0.878 bits per heavy atom. The zero-order chi connectivity index (χ0) is 28.5. The summed E-state index contributed by atoms with van der Waals surface area (Å²) in [6.45, 7) is 4.90. The van der Waals surface area contributed by atoms with Crippen molar-refractivity contribution in [2.24, 2.45) is 0 Å². The standard InChI is InChI=1S/C30H36N2O7S2/c1-33-27-9-5-3-7-25(27)29-31-23(21-40-29)19-38-17-15-36-13-11-35-12-14-37-16-18-39-20-24-22-41-30(32-24)26-8-4-6-10-28(26)34-2/h3-10,21-22H,11-20H2,1-2H3. The summed E-state index contributed by atoms with van der Waals surface area (Å²) in [7, 11) is 3.33. The van der Waals surface area contributed by atoms with Crippen LogP contribution in [0.25, 0.3) is 21.1 Å². The van der Waals surface area contributed by atoms with Gasteiger partial charge in [0.05, 0.1) is 103 Å². The molecule has 0 fully saturated rings. The van der Waals surface area contributed by atoms with Crippen molar-refractivity contribution in [1.29, 1.82) is 0 Å². The van der Waals surface area contributed by atoms with E-state index in [1.807, 2.05) is 59.3 Å². The van der Waals surface area contributed by atoms with E-state index in [0.717, 1.165) is 44.0 Å². The van der Waals surface area contributed by atoms with Gasteiger partial charge < -0.3 is 33.2 Å². The van der Waals surface area contributed by atoms with Crippen molar-refractivity contribution in [3.63, 3.8) is 0 Å². The van der Waals surface area contributed by atoms with E-state index >= 15 is 0 Å². The number of nitrogens with zero attached hydrogens (tertiary/aromatic N) is 2. The van der Waals surface area contributed by atoms with E-state index in [1.165, 1.54) is 0 Å². The van der Waals surface area contributed by atoms with Crippen LogP contribution in [0.3, 0.4) is 0 Å². The first-order valence-corrected chi connectivity index (χ1v) is 15.1. The molecule has 0 atom stereocenters. The third kappa shape index (κ3) is 10.2. The Morgan fingerprint density at radius 3 is 1.27 bits per heavy atom. The van der Waals surface area contributed by atoms with Gasteiger partial charge in [0, 0.05) is 10.8 Å². The van der Waals surface area contributed by atoms with Crippen LogP contribution in [0, 0.1) is 0 Å². The lowest BCUT2D eigenvalue weighted by atomic mass is 10.2. The molecule has 0 unspecified atom stereocenters. The SMILES string of the molecule is COc1ccccc1-c1nc(COCCOCCOCCOCCOCc2csc(-c3ccccc3OC)n2)cs1. The monoisotopic (exact) mass is 600 g/mol.